The van der Waals surface area contributed by atoms with Crippen LogP contribution in [-0.4, -0.2) is 23.0 Å². The molecule has 1 heterocycles. The van der Waals surface area contributed by atoms with E-state index >= 15 is 0 Å². The van der Waals surface area contributed by atoms with E-state index in [4.69, 9.17) is 16.3 Å². The molecule has 3 aromatic carbocycles. The van der Waals surface area contributed by atoms with E-state index in [1.54, 1.807) is 18.2 Å². The second-order valence-electron chi connectivity index (χ2n) is 5.98. The Bertz CT molecular complexity index is 1090. The zero-order chi connectivity index (χ0) is 18.8. The lowest BCUT2D eigenvalue weighted by atomic mass is 10.1. The molecule has 6 heteroatoms. The van der Waals surface area contributed by atoms with E-state index in [0.29, 0.717) is 22.0 Å². The predicted molar refractivity (Wildman–Crippen MR) is 107 cm³/mol. The summed E-state index contributed by atoms with van der Waals surface area (Å²) in [4.78, 5) is 20.4. The predicted octanol–water partition coefficient (Wildman–Crippen LogP) is 5.14. The van der Waals surface area contributed by atoms with Gasteiger partial charge >= 0.3 is 0 Å². The lowest BCUT2D eigenvalue weighted by molar-refractivity contribution is 0.102. The third-order valence-corrected chi connectivity index (χ3v) is 4.45. The topological polar surface area (TPSA) is 67.0 Å². The van der Waals surface area contributed by atoms with E-state index in [1.807, 2.05) is 48.5 Å². The van der Waals surface area contributed by atoms with Crippen molar-refractivity contribution in [1.29, 1.82) is 0 Å². The molecule has 0 fully saturated rings. The van der Waals surface area contributed by atoms with Crippen LogP contribution >= 0.6 is 11.6 Å². The number of nitrogens with one attached hydrogen (secondary N) is 2. The highest BCUT2D eigenvalue weighted by Gasteiger charge is 2.13. The highest BCUT2D eigenvalue weighted by molar-refractivity contribution is 6.31. The Balaban J connectivity index is 1.55. The summed E-state index contributed by atoms with van der Waals surface area (Å²) in [6, 6.07) is 20.3. The number of H-pyrrole nitrogens is 1. The van der Waals surface area contributed by atoms with Crippen LogP contribution in [0.5, 0.6) is 5.75 Å². The number of aromatic amines is 1. The molecule has 4 rings (SSSR count). The number of halogens is 1. The molecule has 1 amide bonds. The van der Waals surface area contributed by atoms with Crippen molar-refractivity contribution in [3.8, 4) is 17.1 Å². The number of carbonyl (C=O) groups excluding carboxylic acids is 1. The fourth-order valence-corrected chi connectivity index (χ4v) is 3.01. The van der Waals surface area contributed by atoms with Crippen molar-refractivity contribution in [3.05, 3.63) is 77.3 Å². The average Bonchev–Trinajstić information content (AvgIpc) is 3.12. The molecule has 2 N–H and O–H groups in total. The lowest BCUT2D eigenvalue weighted by Crippen LogP contribution is -2.13. The van der Waals surface area contributed by atoms with Gasteiger partial charge in [0.15, 0.2) is 0 Å². The van der Waals surface area contributed by atoms with E-state index in [0.717, 1.165) is 22.4 Å². The Hall–Kier alpha value is -3.31. The summed E-state index contributed by atoms with van der Waals surface area (Å²) >= 11 is 5.94. The molecular formula is C21H16ClN3O2. The van der Waals surface area contributed by atoms with E-state index in [9.17, 15) is 4.79 Å². The van der Waals surface area contributed by atoms with Crippen LogP contribution in [0.25, 0.3) is 22.4 Å². The van der Waals surface area contributed by atoms with E-state index in [2.05, 4.69) is 15.3 Å². The number of imidazole rings is 1. The number of anilines is 1. The molecule has 0 bridgehead atoms. The van der Waals surface area contributed by atoms with Gasteiger partial charge < -0.3 is 15.0 Å². The third-order valence-electron chi connectivity index (χ3n) is 4.21. The smallest absolute Gasteiger partial charge is 0.259 e. The van der Waals surface area contributed by atoms with Gasteiger partial charge in [0.05, 0.1) is 23.7 Å². The molecule has 0 aliphatic rings. The summed E-state index contributed by atoms with van der Waals surface area (Å²) < 4.78 is 5.23. The molecule has 0 saturated heterocycles. The molecule has 27 heavy (non-hydrogen) atoms. The maximum atomic E-state index is 12.5. The maximum Gasteiger partial charge on any atom is 0.259 e. The first-order chi connectivity index (χ1) is 13.1. The summed E-state index contributed by atoms with van der Waals surface area (Å²) in [6.45, 7) is 0. The van der Waals surface area contributed by atoms with Gasteiger partial charge in [0.1, 0.15) is 11.6 Å². The maximum absolute atomic E-state index is 12.5. The quantitative estimate of drug-likeness (QED) is 0.517. The Morgan fingerprint density at radius 1 is 1.07 bits per heavy atom. The van der Waals surface area contributed by atoms with Crippen LogP contribution in [0.4, 0.5) is 5.69 Å². The molecule has 0 saturated carbocycles. The number of aromatic nitrogens is 2. The van der Waals surface area contributed by atoms with Crippen LogP contribution in [-0.2, 0) is 0 Å². The molecule has 0 radical (unpaired) electrons. The first kappa shape index (κ1) is 17.1. The van der Waals surface area contributed by atoms with E-state index in [1.165, 1.54) is 7.11 Å². The van der Waals surface area contributed by atoms with Gasteiger partial charge in [0, 0.05) is 16.3 Å². The zero-order valence-corrected chi connectivity index (χ0v) is 15.2. The second-order valence-corrected chi connectivity index (χ2v) is 6.42. The first-order valence-corrected chi connectivity index (χ1v) is 8.72. The minimum absolute atomic E-state index is 0.264. The largest absolute Gasteiger partial charge is 0.496 e. The lowest BCUT2D eigenvalue weighted by Gasteiger charge is -2.10. The van der Waals surface area contributed by atoms with Gasteiger partial charge in [-0.1, -0.05) is 23.7 Å². The Kier molecular flexibility index (Phi) is 4.52. The summed E-state index contributed by atoms with van der Waals surface area (Å²) in [5, 5.41) is 3.38. The Labute approximate surface area is 161 Å². The second kappa shape index (κ2) is 7.13. The van der Waals surface area contributed by atoms with Crippen LogP contribution in [0.15, 0.2) is 66.7 Å². The first-order valence-electron chi connectivity index (χ1n) is 8.34. The average molecular weight is 378 g/mol. The van der Waals surface area contributed by atoms with Crippen LogP contribution in [0, 0.1) is 0 Å². The molecule has 0 aliphatic carbocycles. The van der Waals surface area contributed by atoms with Crippen LogP contribution < -0.4 is 10.1 Å². The highest BCUT2D eigenvalue weighted by Crippen LogP contribution is 2.25. The Morgan fingerprint density at radius 2 is 1.85 bits per heavy atom. The van der Waals surface area contributed by atoms with E-state index in [-0.39, 0.29) is 5.91 Å². The van der Waals surface area contributed by atoms with Crippen LogP contribution in [0.3, 0.4) is 0 Å². The number of carbonyl (C=O) groups is 1. The third kappa shape index (κ3) is 3.50. The van der Waals surface area contributed by atoms with Gasteiger partial charge in [-0.05, 0) is 54.6 Å². The minimum Gasteiger partial charge on any atom is -0.496 e. The number of methoxy groups -OCH3 is 1. The van der Waals surface area contributed by atoms with Crippen molar-refractivity contribution < 1.29 is 9.53 Å². The van der Waals surface area contributed by atoms with Gasteiger partial charge in [0.2, 0.25) is 0 Å². The van der Waals surface area contributed by atoms with Crippen molar-refractivity contribution in [2.45, 2.75) is 0 Å². The zero-order valence-electron chi connectivity index (χ0n) is 14.5. The molecule has 5 nitrogen and oxygen atoms in total. The number of amides is 1. The summed E-state index contributed by atoms with van der Waals surface area (Å²) in [6.07, 6.45) is 0. The molecule has 1 aromatic heterocycles. The number of nitrogens with zero attached hydrogens (tertiary/aromatic N) is 1. The Morgan fingerprint density at radius 3 is 2.59 bits per heavy atom. The summed E-state index contributed by atoms with van der Waals surface area (Å²) in [5.74, 6) is 0.951. The number of para-hydroxylation sites is 2. The number of hydrogen-bond donors (Lipinski definition) is 2. The molecule has 134 valence electrons. The fraction of sp³-hybridized carbons (Fsp3) is 0.0476. The molecule has 4 aromatic rings. The van der Waals surface area contributed by atoms with Gasteiger partial charge in [-0.3, -0.25) is 4.79 Å². The standard InChI is InChI=1S/C21H16ClN3O2/c1-27-19-12-14(22)8-11-16(19)21(26)23-15-9-6-13(7-10-15)20-24-17-4-2-3-5-18(17)25-20/h2-12H,1H3,(H,23,26)(H,24,25). The van der Waals surface area contributed by atoms with Gasteiger partial charge in [-0.25, -0.2) is 4.98 Å². The van der Waals surface area contributed by atoms with Crippen molar-refractivity contribution >= 4 is 34.2 Å². The van der Waals surface area contributed by atoms with Crippen molar-refractivity contribution in [2.75, 3.05) is 12.4 Å². The van der Waals surface area contributed by atoms with Gasteiger partial charge in [-0.2, -0.15) is 0 Å². The number of ether oxygens (including phenoxy) is 1. The summed E-state index contributed by atoms with van der Waals surface area (Å²) in [5.41, 5.74) is 3.94. The molecule has 0 spiro atoms. The van der Waals surface area contributed by atoms with Crippen molar-refractivity contribution in [3.63, 3.8) is 0 Å². The molecule has 0 aliphatic heterocycles. The van der Waals surface area contributed by atoms with Crippen molar-refractivity contribution in [2.24, 2.45) is 0 Å². The monoisotopic (exact) mass is 377 g/mol. The van der Waals surface area contributed by atoms with Crippen LogP contribution in [0.1, 0.15) is 10.4 Å². The SMILES string of the molecule is COc1cc(Cl)ccc1C(=O)Nc1ccc(-c2nc3ccccc3[nH]2)cc1. The molecular weight excluding hydrogens is 362 g/mol. The summed E-state index contributed by atoms with van der Waals surface area (Å²) in [7, 11) is 1.50. The fourth-order valence-electron chi connectivity index (χ4n) is 2.85. The van der Waals surface area contributed by atoms with Gasteiger partial charge in [0.25, 0.3) is 5.91 Å². The number of rotatable bonds is 4. The minimum atomic E-state index is -0.264. The van der Waals surface area contributed by atoms with Gasteiger partial charge in [-0.15, -0.1) is 0 Å². The number of fused-ring (bicyclic) bond motifs is 1. The van der Waals surface area contributed by atoms with E-state index < -0.39 is 0 Å². The number of hydrogen-bond acceptors (Lipinski definition) is 3. The van der Waals surface area contributed by atoms with Crippen molar-refractivity contribution in [1.82, 2.24) is 9.97 Å². The molecule has 0 atom stereocenters. The molecule has 0 unspecified atom stereocenters. The van der Waals surface area contributed by atoms with Crippen LogP contribution in [0.2, 0.25) is 5.02 Å². The highest BCUT2D eigenvalue weighted by atomic mass is 35.5. The normalized spacial score (nSPS) is 10.7. The number of benzene rings is 3.